The molecule has 1 N–H and O–H groups in total. The number of allylic oxidation sites excluding steroid dienone is 1. The van der Waals surface area contributed by atoms with E-state index in [9.17, 15) is 9.59 Å². The molecule has 0 aliphatic carbocycles. The highest BCUT2D eigenvalue weighted by Gasteiger charge is 2.33. The molecule has 0 saturated carbocycles. The molecule has 1 aromatic carbocycles. The number of carbonyl (C=O) groups excluding carboxylic acids is 2. The number of amides is 1. The molecule has 3 aliphatic heterocycles. The van der Waals surface area contributed by atoms with E-state index in [-0.39, 0.29) is 18.3 Å². The average molecular weight is 463 g/mol. The average Bonchev–Trinajstić information content (AvgIpc) is 3.38. The maximum atomic E-state index is 12.8. The summed E-state index contributed by atoms with van der Waals surface area (Å²) < 4.78 is 16.8. The van der Waals surface area contributed by atoms with Crippen LogP contribution in [0, 0.1) is 0 Å². The highest BCUT2D eigenvalue weighted by atomic mass is 16.5. The van der Waals surface area contributed by atoms with Crippen LogP contribution in [0.3, 0.4) is 0 Å². The molecule has 5 rings (SSSR count). The lowest BCUT2D eigenvalue weighted by molar-refractivity contribution is -0.137. The summed E-state index contributed by atoms with van der Waals surface area (Å²) in [5, 5.41) is 3.33. The number of ether oxygens (including phenoxy) is 3. The Morgan fingerprint density at radius 3 is 2.82 bits per heavy atom. The monoisotopic (exact) mass is 463 g/mol. The Kier molecular flexibility index (Phi) is 6.13. The van der Waals surface area contributed by atoms with E-state index in [4.69, 9.17) is 14.2 Å². The summed E-state index contributed by atoms with van der Waals surface area (Å²) in [5.41, 5.74) is 1.97. The molecule has 1 saturated heterocycles. The van der Waals surface area contributed by atoms with Crippen molar-refractivity contribution in [3.8, 4) is 11.5 Å². The Labute approximate surface area is 196 Å². The number of fused-ring (bicyclic) bond motifs is 3. The molecular weight excluding hydrogens is 438 g/mol. The fourth-order valence-electron chi connectivity index (χ4n) is 4.17. The largest absolute Gasteiger partial charge is 0.491 e. The molecule has 2 aromatic rings. The van der Waals surface area contributed by atoms with Crippen molar-refractivity contribution in [3.63, 3.8) is 0 Å². The van der Waals surface area contributed by atoms with Crippen molar-refractivity contribution in [1.29, 1.82) is 0 Å². The maximum Gasteiger partial charge on any atom is 0.260 e. The fourth-order valence-corrected chi connectivity index (χ4v) is 4.17. The van der Waals surface area contributed by atoms with Crippen LogP contribution in [0.15, 0.2) is 53.5 Å². The van der Waals surface area contributed by atoms with Crippen molar-refractivity contribution in [2.45, 2.75) is 0 Å². The van der Waals surface area contributed by atoms with E-state index in [1.807, 2.05) is 11.0 Å². The quantitative estimate of drug-likeness (QED) is 0.508. The second-order valence-corrected chi connectivity index (χ2v) is 7.92. The highest BCUT2D eigenvalue weighted by molar-refractivity contribution is 6.11. The fraction of sp³-hybridized carbons (Fsp3) is 0.333. The Balaban J connectivity index is 1.42. The molecule has 1 fully saturated rings. The molecule has 0 bridgehead atoms. The third kappa shape index (κ3) is 4.19. The number of methoxy groups -OCH3 is 1. The van der Waals surface area contributed by atoms with Gasteiger partial charge in [0.2, 0.25) is 0 Å². The number of hydrogen-bond donors (Lipinski definition) is 1. The predicted molar refractivity (Wildman–Crippen MR) is 124 cm³/mol. The van der Waals surface area contributed by atoms with Crippen LogP contribution in [0.4, 0.5) is 5.69 Å². The molecule has 3 aliphatic rings. The number of morpholine rings is 1. The van der Waals surface area contributed by atoms with Crippen molar-refractivity contribution in [2.24, 2.45) is 4.99 Å². The number of rotatable bonds is 6. The lowest BCUT2D eigenvalue weighted by atomic mass is 10.1. The van der Waals surface area contributed by atoms with Crippen LogP contribution < -0.4 is 14.8 Å². The normalized spacial score (nSPS) is 18.0. The maximum absolute atomic E-state index is 12.8. The summed E-state index contributed by atoms with van der Waals surface area (Å²) in [7, 11) is 1.54. The van der Waals surface area contributed by atoms with Gasteiger partial charge in [-0.1, -0.05) is 0 Å². The summed E-state index contributed by atoms with van der Waals surface area (Å²) in [6.45, 7) is 3.34. The van der Waals surface area contributed by atoms with Gasteiger partial charge >= 0.3 is 0 Å². The van der Waals surface area contributed by atoms with Gasteiger partial charge in [0.05, 0.1) is 32.6 Å². The molecular formula is C24H25N5O5. The van der Waals surface area contributed by atoms with E-state index < -0.39 is 0 Å². The van der Waals surface area contributed by atoms with Crippen molar-refractivity contribution in [2.75, 3.05) is 58.4 Å². The summed E-state index contributed by atoms with van der Waals surface area (Å²) in [4.78, 5) is 37.7. The molecule has 1 aromatic heterocycles. The number of pyridine rings is 1. The Morgan fingerprint density at radius 2 is 2.06 bits per heavy atom. The van der Waals surface area contributed by atoms with Crippen molar-refractivity contribution in [3.05, 3.63) is 59.7 Å². The van der Waals surface area contributed by atoms with Crippen molar-refractivity contribution >= 4 is 23.2 Å². The van der Waals surface area contributed by atoms with Crippen LogP contribution in [0.5, 0.6) is 11.5 Å². The smallest absolute Gasteiger partial charge is 0.260 e. The van der Waals surface area contributed by atoms with E-state index in [2.05, 4.69) is 15.3 Å². The van der Waals surface area contributed by atoms with Gasteiger partial charge in [0, 0.05) is 49.2 Å². The third-order valence-electron chi connectivity index (χ3n) is 5.88. The third-order valence-corrected chi connectivity index (χ3v) is 5.88. The number of aromatic nitrogens is 1. The molecule has 34 heavy (non-hydrogen) atoms. The van der Waals surface area contributed by atoms with Crippen LogP contribution in [0.25, 0.3) is 0 Å². The van der Waals surface area contributed by atoms with Crippen LogP contribution in [-0.4, -0.2) is 85.4 Å². The van der Waals surface area contributed by atoms with Gasteiger partial charge in [-0.25, -0.2) is 0 Å². The number of anilines is 1. The van der Waals surface area contributed by atoms with Crippen LogP contribution in [-0.2, 0) is 9.53 Å². The lowest BCUT2D eigenvalue weighted by Gasteiger charge is -2.32. The first-order valence-corrected chi connectivity index (χ1v) is 11.1. The SMILES string of the molecule is COc1c(OCC(=O)N2CCOCC2)ccc2c1NC(=CC(=O)c1cccnc1)N1CCN=C21. The number of hydrogen-bond acceptors (Lipinski definition) is 9. The first-order chi connectivity index (χ1) is 16.7. The van der Waals surface area contributed by atoms with Crippen LogP contribution >= 0.6 is 0 Å². The zero-order valence-corrected chi connectivity index (χ0v) is 18.8. The molecule has 0 spiro atoms. The number of nitrogens with one attached hydrogen (secondary N) is 1. The van der Waals surface area contributed by atoms with Gasteiger partial charge in [-0.15, -0.1) is 0 Å². The van der Waals surface area contributed by atoms with Crippen LogP contribution in [0.1, 0.15) is 15.9 Å². The Bertz CT molecular complexity index is 1160. The van der Waals surface area contributed by atoms with Gasteiger partial charge in [0.1, 0.15) is 11.7 Å². The lowest BCUT2D eigenvalue weighted by Crippen LogP contribution is -2.43. The van der Waals surface area contributed by atoms with E-state index in [1.165, 1.54) is 12.3 Å². The molecule has 1 amide bonds. The van der Waals surface area contributed by atoms with Gasteiger partial charge < -0.3 is 29.3 Å². The van der Waals surface area contributed by atoms with Crippen molar-refractivity contribution in [1.82, 2.24) is 14.8 Å². The van der Waals surface area contributed by atoms with Gasteiger partial charge in [-0.2, -0.15) is 0 Å². The van der Waals surface area contributed by atoms with Gasteiger partial charge in [0.15, 0.2) is 23.9 Å². The number of ketones is 1. The van der Waals surface area contributed by atoms with Gasteiger partial charge in [-0.3, -0.25) is 19.6 Å². The van der Waals surface area contributed by atoms with E-state index in [0.717, 1.165) is 11.4 Å². The minimum atomic E-state index is -0.173. The summed E-state index contributed by atoms with van der Waals surface area (Å²) in [6, 6.07) is 7.11. The second-order valence-electron chi connectivity index (χ2n) is 7.92. The Hall–Kier alpha value is -3.92. The number of benzene rings is 1. The second kappa shape index (κ2) is 9.52. The topological polar surface area (TPSA) is 106 Å². The zero-order valence-electron chi connectivity index (χ0n) is 18.8. The van der Waals surface area contributed by atoms with Crippen LogP contribution in [0.2, 0.25) is 0 Å². The van der Waals surface area contributed by atoms with Gasteiger partial charge in [-0.05, 0) is 24.3 Å². The van der Waals surface area contributed by atoms with E-state index in [1.54, 1.807) is 36.4 Å². The summed E-state index contributed by atoms with van der Waals surface area (Å²) >= 11 is 0. The molecule has 10 nitrogen and oxygen atoms in total. The first kappa shape index (κ1) is 21.9. The molecule has 176 valence electrons. The summed E-state index contributed by atoms with van der Waals surface area (Å²) in [6.07, 6.45) is 4.70. The molecule has 0 unspecified atom stereocenters. The molecule has 10 heteroatoms. The number of carbonyl (C=O) groups is 2. The zero-order chi connectivity index (χ0) is 23.5. The molecule has 0 atom stereocenters. The standard InChI is InChI=1S/C24H25N5O5/c1-32-23-19(34-15-21(31)28-9-11-33-12-10-28)5-4-17-22(23)27-20(29-8-7-26-24(17)29)13-18(30)16-3-2-6-25-14-16/h2-6,13-14,27H,7-12,15H2,1H3. The number of amidine groups is 1. The van der Waals surface area contributed by atoms with E-state index in [0.29, 0.717) is 68.0 Å². The van der Waals surface area contributed by atoms with Gasteiger partial charge in [0.25, 0.3) is 5.91 Å². The Morgan fingerprint density at radius 1 is 1.21 bits per heavy atom. The summed E-state index contributed by atoms with van der Waals surface area (Å²) in [5.74, 6) is 1.95. The van der Waals surface area contributed by atoms with E-state index >= 15 is 0 Å². The predicted octanol–water partition coefficient (Wildman–Crippen LogP) is 1.54. The number of aliphatic imine (C=N–C) groups is 1. The minimum Gasteiger partial charge on any atom is -0.491 e. The first-order valence-electron chi connectivity index (χ1n) is 11.1. The van der Waals surface area contributed by atoms with Crippen molar-refractivity contribution < 1.29 is 23.8 Å². The molecule has 4 heterocycles. The highest BCUT2D eigenvalue weighted by Crippen LogP contribution is 2.43. The molecule has 0 radical (unpaired) electrons. The minimum absolute atomic E-state index is 0.106. The number of nitrogens with zero attached hydrogens (tertiary/aromatic N) is 4.